The van der Waals surface area contributed by atoms with E-state index in [0.717, 1.165) is 11.1 Å². The maximum absolute atomic E-state index is 13.0. The summed E-state index contributed by atoms with van der Waals surface area (Å²) in [5.41, 5.74) is 3.50. The zero-order valence-electron chi connectivity index (χ0n) is 18.5. The zero-order valence-corrected chi connectivity index (χ0v) is 18.5. The Morgan fingerprint density at radius 2 is 1.61 bits per heavy atom. The first-order chi connectivity index (χ1) is 16.0. The van der Waals surface area contributed by atoms with Crippen molar-refractivity contribution in [3.63, 3.8) is 0 Å². The molecule has 4 rings (SSSR count). The molecule has 0 spiro atoms. The van der Waals surface area contributed by atoms with E-state index in [1.807, 2.05) is 68.4 Å². The van der Waals surface area contributed by atoms with Gasteiger partial charge in [0.1, 0.15) is 0 Å². The minimum absolute atomic E-state index is 0.0310. The highest BCUT2D eigenvalue weighted by atomic mass is 16.4. The molecule has 0 radical (unpaired) electrons. The maximum Gasteiger partial charge on any atom is 0.256 e. The minimum Gasteiger partial charge on any atom is -0.436 e. The normalized spacial score (nSPS) is 10.8. The molecule has 2 N–H and O–H groups in total. The van der Waals surface area contributed by atoms with Crippen LogP contribution in [0.25, 0.3) is 22.8 Å². The van der Waals surface area contributed by atoms with Crippen LogP contribution in [0.4, 0.5) is 5.69 Å². The predicted octanol–water partition coefficient (Wildman–Crippen LogP) is 5.33. The number of aromatic nitrogens is 1. The third-order valence-corrected chi connectivity index (χ3v) is 4.99. The van der Waals surface area contributed by atoms with Gasteiger partial charge in [-0.25, -0.2) is 4.98 Å². The molecule has 6 nitrogen and oxygen atoms in total. The second-order valence-electron chi connectivity index (χ2n) is 7.99. The van der Waals surface area contributed by atoms with Crippen molar-refractivity contribution in [3.8, 4) is 22.8 Å². The van der Waals surface area contributed by atoms with Gasteiger partial charge in [-0.1, -0.05) is 54.6 Å². The van der Waals surface area contributed by atoms with Crippen molar-refractivity contribution < 1.29 is 14.0 Å². The van der Waals surface area contributed by atoms with Gasteiger partial charge in [0.05, 0.1) is 18.2 Å². The van der Waals surface area contributed by atoms with Crippen LogP contribution in [0.2, 0.25) is 0 Å². The number of carbonyl (C=O) groups excluding carboxylic acids is 2. The Kier molecular flexibility index (Phi) is 6.64. The van der Waals surface area contributed by atoms with E-state index in [-0.39, 0.29) is 17.9 Å². The van der Waals surface area contributed by atoms with E-state index < -0.39 is 0 Å². The van der Waals surface area contributed by atoms with Gasteiger partial charge in [0, 0.05) is 22.9 Å². The molecule has 33 heavy (non-hydrogen) atoms. The van der Waals surface area contributed by atoms with Crippen LogP contribution in [0.1, 0.15) is 29.8 Å². The van der Waals surface area contributed by atoms with Crippen LogP contribution in [0.5, 0.6) is 0 Å². The molecule has 0 aliphatic rings. The number of carbonyl (C=O) groups is 2. The lowest BCUT2D eigenvalue weighted by Gasteiger charge is -2.10. The van der Waals surface area contributed by atoms with E-state index in [1.165, 1.54) is 0 Å². The molecule has 166 valence electrons. The smallest absolute Gasteiger partial charge is 0.256 e. The molecule has 0 atom stereocenters. The lowest BCUT2D eigenvalue weighted by Crippen LogP contribution is -2.31. The van der Waals surface area contributed by atoms with Crippen molar-refractivity contribution in [2.75, 3.05) is 5.32 Å². The summed E-state index contributed by atoms with van der Waals surface area (Å²) in [4.78, 5) is 29.4. The summed E-state index contributed by atoms with van der Waals surface area (Å²) >= 11 is 0. The van der Waals surface area contributed by atoms with Crippen molar-refractivity contribution in [2.45, 2.75) is 26.3 Å². The second kappa shape index (κ2) is 9.96. The van der Waals surface area contributed by atoms with Gasteiger partial charge >= 0.3 is 0 Å². The van der Waals surface area contributed by atoms with E-state index in [9.17, 15) is 9.59 Å². The van der Waals surface area contributed by atoms with Crippen molar-refractivity contribution in [3.05, 3.63) is 96.2 Å². The van der Waals surface area contributed by atoms with E-state index in [0.29, 0.717) is 34.9 Å². The summed E-state index contributed by atoms with van der Waals surface area (Å²) in [5, 5.41) is 5.78. The first-order valence-electron chi connectivity index (χ1n) is 10.8. The lowest BCUT2D eigenvalue weighted by molar-refractivity contribution is -0.120. The highest BCUT2D eigenvalue weighted by Crippen LogP contribution is 2.28. The molecule has 0 bridgehead atoms. The molecule has 0 saturated heterocycles. The third-order valence-electron chi connectivity index (χ3n) is 4.99. The minimum atomic E-state index is -0.268. The highest BCUT2D eigenvalue weighted by Gasteiger charge is 2.17. The van der Waals surface area contributed by atoms with Crippen LogP contribution < -0.4 is 10.6 Å². The number of rotatable bonds is 7. The molecule has 0 unspecified atom stereocenters. The van der Waals surface area contributed by atoms with Gasteiger partial charge in [0.25, 0.3) is 5.91 Å². The number of nitrogens with one attached hydrogen (secondary N) is 2. The van der Waals surface area contributed by atoms with Crippen molar-refractivity contribution in [2.24, 2.45) is 0 Å². The summed E-state index contributed by atoms with van der Waals surface area (Å²) in [5.74, 6) is 0.718. The SMILES string of the molecule is CC(C)NC(=O)Cc1ccc(NC(=O)c2ccccc2-c2ncc(-c3ccccc3)o2)cc1. The molecule has 0 saturated carbocycles. The first kappa shape index (κ1) is 22.0. The Morgan fingerprint density at radius 1 is 0.909 bits per heavy atom. The summed E-state index contributed by atoms with van der Waals surface area (Å²) in [7, 11) is 0. The van der Waals surface area contributed by atoms with Gasteiger partial charge in [-0.2, -0.15) is 0 Å². The number of hydrogen-bond donors (Lipinski definition) is 2. The summed E-state index contributed by atoms with van der Waals surface area (Å²) < 4.78 is 5.95. The average molecular weight is 440 g/mol. The van der Waals surface area contributed by atoms with Gasteiger partial charge in [-0.05, 0) is 43.7 Å². The van der Waals surface area contributed by atoms with Crippen molar-refractivity contribution in [1.29, 1.82) is 0 Å². The van der Waals surface area contributed by atoms with Crippen molar-refractivity contribution in [1.82, 2.24) is 10.3 Å². The molecule has 1 aromatic heterocycles. The van der Waals surface area contributed by atoms with Gasteiger partial charge < -0.3 is 15.1 Å². The average Bonchev–Trinajstić information content (AvgIpc) is 3.31. The summed E-state index contributed by atoms with van der Waals surface area (Å²) in [6.45, 7) is 3.85. The quantitative estimate of drug-likeness (QED) is 0.408. The molecule has 0 fully saturated rings. The van der Waals surface area contributed by atoms with Gasteiger partial charge in [0.2, 0.25) is 11.8 Å². The van der Waals surface area contributed by atoms with E-state index in [1.54, 1.807) is 30.5 Å². The van der Waals surface area contributed by atoms with E-state index >= 15 is 0 Å². The molecular weight excluding hydrogens is 414 g/mol. The molecular formula is C27H25N3O3. The first-order valence-corrected chi connectivity index (χ1v) is 10.8. The van der Waals surface area contributed by atoms with Crippen LogP contribution in [0, 0.1) is 0 Å². The zero-order chi connectivity index (χ0) is 23.2. The molecule has 3 aromatic carbocycles. The van der Waals surface area contributed by atoms with E-state index in [2.05, 4.69) is 15.6 Å². The largest absolute Gasteiger partial charge is 0.436 e. The van der Waals surface area contributed by atoms with Crippen LogP contribution in [0.15, 0.2) is 89.5 Å². The summed E-state index contributed by atoms with van der Waals surface area (Å²) in [6, 6.07) is 24.2. The van der Waals surface area contributed by atoms with Crippen LogP contribution >= 0.6 is 0 Å². The Morgan fingerprint density at radius 3 is 2.33 bits per heavy atom. The van der Waals surface area contributed by atoms with Gasteiger partial charge in [-0.15, -0.1) is 0 Å². The number of benzene rings is 3. The molecule has 4 aromatic rings. The Hall–Kier alpha value is -4.19. The molecule has 6 heteroatoms. The maximum atomic E-state index is 13.0. The topological polar surface area (TPSA) is 84.2 Å². The molecule has 0 aliphatic heterocycles. The fourth-order valence-corrected chi connectivity index (χ4v) is 3.46. The monoisotopic (exact) mass is 439 g/mol. The van der Waals surface area contributed by atoms with Gasteiger partial charge in [0.15, 0.2) is 5.76 Å². The lowest BCUT2D eigenvalue weighted by atomic mass is 10.1. The van der Waals surface area contributed by atoms with E-state index in [4.69, 9.17) is 4.42 Å². The third kappa shape index (κ3) is 5.54. The number of anilines is 1. The number of nitrogens with zero attached hydrogens (tertiary/aromatic N) is 1. The van der Waals surface area contributed by atoms with Crippen molar-refractivity contribution >= 4 is 17.5 Å². The fraction of sp³-hybridized carbons (Fsp3) is 0.148. The highest BCUT2D eigenvalue weighted by molar-refractivity contribution is 6.08. The Balaban J connectivity index is 1.49. The van der Waals surface area contributed by atoms with Crippen LogP contribution in [-0.2, 0) is 11.2 Å². The Bertz CT molecular complexity index is 1250. The Labute approximate surface area is 192 Å². The predicted molar refractivity (Wildman–Crippen MR) is 129 cm³/mol. The van der Waals surface area contributed by atoms with Gasteiger partial charge in [-0.3, -0.25) is 9.59 Å². The number of amides is 2. The summed E-state index contributed by atoms with van der Waals surface area (Å²) in [6.07, 6.45) is 1.96. The molecule has 0 aliphatic carbocycles. The number of oxazole rings is 1. The standard InChI is InChI=1S/C27H25N3O3/c1-18(2)29-25(31)16-19-12-14-21(15-13-19)30-26(32)22-10-6-7-11-23(22)27-28-17-24(33-27)20-8-4-3-5-9-20/h3-15,17-18H,16H2,1-2H3,(H,29,31)(H,30,32). The fourth-order valence-electron chi connectivity index (χ4n) is 3.46. The number of hydrogen-bond acceptors (Lipinski definition) is 4. The molecule has 2 amide bonds. The second-order valence-corrected chi connectivity index (χ2v) is 7.99. The van der Waals surface area contributed by atoms with Crippen LogP contribution in [0.3, 0.4) is 0 Å². The van der Waals surface area contributed by atoms with Crippen LogP contribution in [-0.4, -0.2) is 22.8 Å². The molecule has 1 heterocycles.